The lowest BCUT2D eigenvalue weighted by molar-refractivity contribution is -0.146. The van der Waals surface area contributed by atoms with Crippen molar-refractivity contribution in [3.05, 3.63) is 30.5 Å². The van der Waals surface area contributed by atoms with E-state index in [4.69, 9.17) is 0 Å². The molecule has 76 valence electrons. The van der Waals surface area contributed by atoms with E-state index in [1.54, 1.807) is 13.0 Å². The first-order valence-electron chi connectivity index (χ1n) is 4.03. The maximum Gasteiger partial charge on any atom is 0.338 e. The van der Waals surface area contributed by atoms with Gasteiger partial charge in [0.15, 0.2) is 0 Å². The van der Waals surface area contributed by atoms with Gasteiger partial charge in [0.05, 0.1) is 6.08 Å². The molecule has 0 aromatic heterocycles. The fourth-order valence-corrected chi connectivity index (χ4v) is 0.536. The summed E-state index contributed by atoms with van der Waals surface area (Å²) in [6.07, 6.45) is 3.79. The Balaban J connectivity index is 3.55. The van der Waals surface area contributed by atoms with Crippen LogP contribution in [0.5, 0.6) is 0 Å². The molecule has 0 aromatic rings. The smallest absolute Gasteiger partial charge is 0.338 e. The van der Waals surface area contributed by atoms with Gasteiger partial charge >= 0.3 is 11.9 Å². The molecule has 0 amide bonds. The molecule has 0 fully saturated rings. The van der Waals surface area contributed by atoms with Gasteiger partial charge in [-0.1, -0.05) is 6.58 Å². The van der Waals surface area contributed by atoms with E-state index < -0.39 is 11.9 Å². The normalized spacial score (nSPS) is 8.07. The molecular weight excluding hydrogens is 184 g/mol. The summed E-state index contributed by atoms with van der Waals surface area (Å²) in [4.78, 5) is 21.3. The second-order valence-corrected chi connectivity index (χ2v) is 2.14. The van der Waals surface area contributed by atoms with Crippen molar-refractivity contribution in [3.8, 4) is 0 Å². The lowest BCUT2D eigenvalue weighted by Crippen LogP contribution is -2.10. The first-order chi connectivity index (χ1) is 6.70. The van der Waals surface area contributed by atoms with Gasteiger partial charge in [0.25, 0.3) is 0 Å². The van der Waals surface area contributed by atoms with Crippen LogP contribution in [0, 0.1) is 0 Å². The van der Waals surface area contributed by atoms with Crippen LogP contribution in [-0.2, 0) is 19.1 Å². The van der Waals surface area contributed by atoms with Gasteiger partial charge in [-0.05, 0) is 13.0 Å². The monoisotopic (exact) mass is 196 g/mol. The Bertz CT molecular complexity index is 272. The van der Waals surface area contributed by atoms with Crippen LogP contribution in [0.1, 0.15) is 6.92 Å². The van der Waals surface area contributed by atoms with Gasteiger partial charge in [-0.2, -0.15) is 0 Å². The molecule has 0 heterocycles. The van der Waals surface area contributed by atoms with Crippen molar-refractivity contribution in [3.63, 3.8) is 0 Å². The summed E-state index contributed by atoms with van der Waals surface area (Å²) in [6.45, 7) is 5.00. The van der Waals surface area contributed by atoms with Gasteiger partial charge in [0.1, 0.15) is 13.2 Å². The predicted molar refractivity (Wildman–Crippen MR) is 50.4 cm³/mol. The molecule has 0 unspecified atom stereocenters. The van der Waals surface area contributed by atoms with E-state index in [0.29, 0.717) is 0 Å². The SMILES string of the molecule is C=CC(=O)OCCOC(=O)C=C=CC. The summed E-state index contributed by atoms with van der Waals surface area (Å²) in [5, 5.41) is 0. The minimum absolute atomic E-state index is 0.0280. The minimum Gasteiger partial charge on any atom is -0.459 e. The van der Waals surface area contributed by atoms with E-state index in [9.17, 15) is 9.59 Å². The van der Waals surface area contributed by atoms with Crippen molar-refractivity contribution in [2.24, 2.45) is 0 Å². The zero-order valence-electron chi connectivity index (χ0n) is 7.99. The van der Waals surface area contributed by atoms with Crippen LogP contribution in [-0.4, -0.2) is 25.2 Å². The Morgan fingerprint density at radius 1 is 1.29 bits per heavy atom. The highest BCUT2D eigenvalue weighted by atomic mass is 16.6. The Labute approximate surface area is 82.5 Å². The maximum atomic E-state index is 10.8. The number of hydrogen-bond acceptors (Lipinski definition) is 4. The summed E-state index contributed by atoms with van der Waals surface area (Å²) in [7, 11) is 0. The summed E-state index contributed by atoms with van der Waals surface area (Å²) in [5.41, 5.74) is 2.56. The number of ether oxygens (including phenoxy) is 2. The summed E-state index contributed by atoms with van der Waals surface area (Å²) < 4.78 is 9.22. The standard InChI is InChI=1S/C10H12O4/c1-3-5-6-10(12)14-8-7-13-9(11)4-2/h3-4,6H,2,7-8H2,1H3. The molecule has 0 radical (unpaired) electrons. The zero-order chi connectivity index (χ0) is 10.8. The fraction of sp³-hybridized carbons (Fsp3) is 0.300. The molecule has 0 aliphatic carbocycles. The van der Waals surface area contributed by atoms with E-state index in [2.05, 4.69) is 21.8 Å². The van der Waals surface area contributed by atoms with Crippen molar-refractivity contribution in [2.75, 3.05) is 13.2 Å². The van der Waals surface area contributed by atoms with Crippen molar-refractivity contribution in [1.29, 1.82) is 0 Å². The molecule has 0 spiro atoms. The number of rotatable bonds is 5. The highest BCUT2D eigenvalue weighted by Crippen LogP contribution is 1.83. The van der Waals surface area contributed by atoms with Gasteiger partial charge in [-0.25, -0.2) is 9.59 Å². The minimum atomic E-state index is -0.537. The highest BCUT2D eigenvalue weighted by Gasteiger charge is 1.98. The largest absolute Gasteiger partial charge is 0.459 e. The molecule has 0 aromatic carbocycles. The second kappa shape index (κ2) is 7.83. The first-order valence-corrected chi connectivity index (χ1v) is 4.03. The lowest BCUT2D eigenvalue weighted by atomic mass is 10.5. The predicted octanol–water partition coefficient (Wildman–Crippen LogP) is 0.990. The van der Waals surface area contributed by atoms with Crippen LogP contribution in [0.4, 0.5) is 0 Å². The van der Waals surface area contributed by atoms with Crippen LogP contribution in [0.2, 0.25) is 0 Å². The molecule has 0 saturated carbocycles. The lowest BCUT2D eigenvalue weighted by Gasteiger charge is -2.01. The van der Waals surface area contributed by atoms with Crippen molar-refractivity contribution in [1.82, 2.24) is 0 Å². The third kappa shape index (κ3) is 6.88. The molecule has 0 bridgehead atoms. The molecule has 4 heteroatoms. The van der Waals surface area contributed by atoms with Crippen LogP contribution >= 0.6 is 0 Å². The van der Waals surface area contributed by atoms with Crippen molar-refractivity contribution in [2.45, 2.75) is 6.92 Å². The quantitative estimate of drug-likeness (QED) is 0.285. The fourth-order valence-electron chi connectivity index (χ4n) is 0.536. The summed E-state index contributed by atoms with van der Waals surface area (Å²) in [6, 6.07) is 0. The molecule has 0 aliphatic rings. The van der Waals surface area contributed by atoms with Gasteiger partial charge < -0.3 is 9.47 Å². The van der Waals surface area contributed by atoms with Crippen LogP contribution in [0.25, 0.3) is 0 Å². The molecule has 0 saturated heterocycles. The summed E-state index contributed by atoms with van der Waals surface area (Å²) >= 11 is 0. The molecule has 4 nitrogen and oxygen atoms in total. The van der Waals surface area contributed by atoms with Gasteiger partial charge in [0, 0.05) is 6.08 Å². The maximum absolute atomic E-state index is 10.8. The topological polar surface area (TPSA) is 52.6 Å². The number of hydrogen-bond donors (Lipinski definition) is 0. The Kier molecular flexibility index (Phi) is 6.82. The van der Waals surface area contributed by atoms with Crippen LogP contribution < -0.4 is 0 Å². The van der Waals surface area contributed by atoms with E-state index >= 15 is 0 Å². The average Bonchev–Trinajstić information content (AvgIpc) is 2.21. The highest BCUT2D eigenvalue weighted by molar-refractivity contribution is 5.82. The summed E-state index contributed by atoms with van der Waals surface area (Å²) in [5.74, 6) is -1.05. The van der Waals surface area contributed by atoms with Crippen LogP contribution in [0.15, 0.2) is 30.5 Å². The van der Waals surface area contributed by atoms with Crippen molar-refractivity contribution < 1.29 is 19.1 Å². The Morgan fingerprint density at radius 2 is 1.86 bits per heavy atom. The number of esters is 2. The van der Waals surface area contributed by atoms with Crippen molar-refractivity contribution >= 4 is 11.9 Å². The molecule has 0 rings (SSSR count). The van der Waals surface area contributed by atoms with E-state index in [1.165, 1.54) is 0 Å². The zero-order valence-corrected chi connectivity index (χ0v) is 7.99. The average molecular weight is 196 g/mol. The molecule has 14 heavy (non-hydrogen) atoms. The second-order valence-electron chi connectivity index (χ2n) is 2.14. The first kappa shape index (κ1) is 12.2. The molecule has 0 aliphatic heterocycles. The number of carbonyl (C=O) groups is 2. The van der Waals surface area contributed by atoms with E-state index in [0.717, 1.165) is 12.2 Å². The Hall–Kier alpha value is -1.80. The van der Waals surface area contributed by atoms with Crippen LogP contribution in [0.3, 0.4) is 0 Å². The third-order valence-corrected chi connectivity index (χ3v) is 1.11. The number of carbonyl (C=O) groups excluding carboxylic acids is 2. The van der Waals surface area contributed by atoms with Gasteiger partial charge in [0.2, 0.25) is 0 Å². The third-order valence-electron chi connectivity index (χ3n) is 1.11. The molecule has 0 atom stereocenters. The Morgan fingerprint density at radius 3 is 2.36 bits per heavy atom. The van der Waals surface area contributed by atoms with Gasteiger partial charge in [-0.3, -0.25) is 0 Å². The van der Waals surface area contributed by atoms with E-state index in [1.807, 2.05) is 0 Å². The van der Waals surface area contributed by atoms with E-state index in [-0.39, 0.29) is 13.2 Å². The molecular formula is C10H12O4. The van der Waals surface area contributed by atoms with Gasteiger partial charge in [-0.15, -0.1) is 5.73 Å². The molecule has 0 N–H and O–H groups in total.